The van der Waals surface area contributed by atoms with Crippen molar-refractivity contribution in [3.05, 3.63) is 63.6 Å². The molecule has 0 bridgehead atoms. The molecule has 0 aromatic heterocycles. The first kappa shape index (κ1) is 25.8. The maximum atomic E-state index is 12.5. The molecule has 2 unspecified atom stereocenters. The lowest BCUT2D eigenvalue weighted by Crippen LogP contribution is -2.39. The fourth-order valence-corrected chi connectivity index (χ4v) is 3.44. The standard InChI is InChI=1S/C20H21Cl2N4O4PS/c1-23-20(32)25-15-4-2-3-11(7-15)19(29)24-10-17(27)26-16(9-18(28)30-31)12-5-13(21)8-14(22)6-12/h2-8,16H,9-10,31H2,1H3,(H,24,29)(H,26,27)(H2,23,25,32). The van der Waals surface area contributed by atoms with Crippen LogP contribution in [0.5, 0.6) is 0 Å². The zero-order chi connectivity index (χ0) is 23.7. The van der Waals surface area contributed by atoms with Gasteiger partial charge in [0.2, 0.25) is 5.91 Å². The summed E-state index contributed by atoms with van der Waals surface area (Å²) in [6, 6.07) is 10.6. The molecule has 2 aromatic rings. The van der Waals surface area contributed by atoms with Crippen LogP contribution in [-0.2, 0) is 14.1 Å². The number of hydrogen-bond acceptors (Lipinski definition) is 5. The van der Waals surface area contributed by atoms with Gasteiger partial charge in [-0.1, -0.05) is 29.3 Å². The van der Waals surface area contributed by atoms with E-state index >= 15 is 0 Å². The molecule has 8 nitrogen and oxygen atoms in total. The Labute approximate surface area is 203 Å². The lowest BCUT2D eigenvalue weighted by molar-refractivity contribution is -0.134. The van der Waals surface area contributed by atoms with Gasteiger partial charge < -0.3 is 25.8 Å². The number of amides is 2. The van der Waals surface area contributed by atoms with E-state index in [-0.39, 0.29) is 13.0 Å². The molecule has 0 aliphatic rings. The van der Waals surface area contributed by atoms with Gasteiger partial charge in [-0.05, 0) is 54.2 Å². The van der Waals surface area contributed by atoms with Gasteiger partial charge in [-0.2, -0.15) is 0 Å². The quantitative estimate of drug-likeness (QED) is 0.316. The van der Waals surface area contributed by atoms with Gasteiger partial charge in [0.05, 0.1) is 28.5 Å². The second kappa shape index (κ2) is 12.6. The van der Waals surface area contributed by atoms with Crippen molar-refractivity contribution < 1.29 is 18.9 Å². The topological polar surface area (TPSA) is 109 Å². The normalized spacial score (nSPS) is 11.1. The van der Waals surface area contributed by atoms with E-state index in [0.29, 0.717) is 32.0 Å². The van der Waals surface area contributed by atoms with Crippen molar-refractivity contribution >= 4 is 73.5 Å². The molecule has 0 spiro atoms. The Morgan fingerprint density at radius 2 is 1.81 bits per heavy atom. The van der Waals surface area contributed by atoms with Crippen LogP contribution in [0.15, 0.2) is 42.5 Å². The number of thiocarbonyl (C=S) groups is 1. The first-order valence-electron chi connectivity index (χ1n) is 9.23. The van der Waals surface area contributed by atoms with E-state index in [1.165, 1.54) is 6.07 Å². The van der Waals surface area contributed by atoms with E-state index in [0.717, 1.165) is 0 Å². The first-order valence-corrected chi connectivity index (χ1v) is 10.9. The number of carbonyl (C=O) groups excluding carboxylic acids is 3. The summed E-state index contributed by atoms with van der Waals surface area (Å²) in [6.07, 6.45) is -0.154. The minimum atomic E-state index is -0.751. The number of carbonyl (C=O) groups is 3. The van der Waals surface area contributed by atoms with E-state index in [2.05, 4.69) is 25.8 Å². The third kappa shape index (κ3) is 8.24. The third-order valence-corrected chi connectivity index (χ3v) is 5.15. The molecule has 0 aliphatic heterocycles. The Morgan fingerprint density at radius 1 is 1.12 bits per heavy atom. The Balaban J connectivity index is 2.03. The van der Waals surface area contributed by atoms with Gasteiger partial charge in [0.15, 0.2) is 5.11 Å². The van der Waals surface area contributed by atoms with Crippen LogP contribution in [0.1, 0.15) is 28.4 Å². The highest BCUT2D eigenvalue weighted by Crippen LogP contribution is 2.26. The highest BCUT2D eigenvalue weighted by Gasteiger charge is 2.20. The van der Waals surface area contributed by atoms with Crippen LogP contribution in [0.4, 0.5) is 5.69 Å². The molecule has 0 heterocycles. The maximum Gasteiger partial charge on any atom is 0.310 e. The Kier molecular flexibility index (Phi) is 10.1. The van der Waals surface area contributed by atoms with Crippen molar-refractivity contribution in [2.75, 3.05) is 18.9 Å². The summed E-state index contributed by atoms with van der Waals surface area (Å²) in [6.45, 7) is -0.313. The summed E-state index contributed by atoms with van der Waals surface area (Å²) in [5, 5.41) is 12.0. The summed E-state index contributed by atoms with van der Waals surface area (Å²) < 4.78 is 4.62. The van der Waals surface area contributed by atoms with Gasteiger partial charge in [-0.15, -0.1) is 0 Å². The van der Waals surface area contributed by atoms with Crippen LogP contribution in [-0.4, -0.2) is 36.5 Å². The van der Waals surface area contributed by atoms with Crippen LogP contribution in [0, 0.1) is 0 Å². The molecule has 2 aromatic carbocycles. The molecule has 170 valence electrons. The van der Waals surface area contributed by atoms with Crippen LogP contribution >= 0.6 is 44.9 Å². The van der Waals surface area contributed by atoms with Crippen molar-refractivity contribution in [1.82, 2.24) is 16.0 Å². The number of anilines is 1. The SMILES string of the molecule is CNC(=S)Nc1cccc(C(=O)NCC(=O)NC(CC(=O)OP)c2cc(Cl)cc(Cl)c2)c1. The van der Waals surface area contributed by atoms with Crippen LogP contribution in [0.2, 0.25) is 10.0 Å². The van der Waals surface area contributed by atoms with Crippen molar-refractivity contribution in [2.45, 2.75) is 12.5 Å². The highest BCUT2D eigenvalue weighted by molar-refractivity contribution is 7.80. The summed E-state index contributed by atoms with van der Waals surface area (Å²) >= 11 is 17.1. The van der Waals surface area contributed by atoms with Crippen molar-refractivity contribution in [3.63, 3.8) is 0 Å². The molecule has 2 amide bonds. The van der Waals surface area contributed by atoms with Crippen LogP contribution in [0.25, 0.3) is 0 Å². The van der Waals surface area contributed by atoms with E-state index < -0.39 is 23.8 Å². The molecule has 2 rings (SSSR count). The second-order valence-corrected chi connectivity index (χ2v) is 8.00. The largest absolute Gasteiger partial charge is 0.451 e. The monoisotopic (exact) mass is 514 g/mol. The minimum Gasteiger partial charge on any atom is -0.451 e. The molecule has 12 heteroatoms. The van der Waals surface area contributed by atoms with Crippen molar-refractivity contribution in [2.24, 2.45) is 0 Å². The second-order valence-electron chi connectivity index (χ2n) is 6.48. The molecule has 0 saturated carbocycles. The van der Waals surface area contributed by atoms with Gasteiger partial charge in [-0.25, -0.2) is 0 Å². The van der Waals surface area contributed by atoms with E-state index in [9.17, 15) is 14.4 Å². The summed E-state index contributed by atoms with van der Waals surface area (Å²) in [5.41, 5.74) is 1.48. The smallest absolute Gasteiger partial charge is 0.310 e. The van der Waals surface area contributed by atoms with E-state index in [4.69, 9.17) is 35.4 Å². The highest BCUT2D eigenvalue weighted by atomic mass is 35.5. The Hall–Kier alpha value is -2.45. The van der Waals surface area contributed by atoms with Crippen molar-refractivity contribution in [1.29, 1.82) is 0 Å². The summed E-state index contributed by atoms with van der Waals surface area (Å²) in [7, 11) is 3.53. The number of hydrogen-bond donors (Lipinski definition) is 4. The van der Waals surface area contributed by atoms with E-state index in [1.54, 1.807) is 43.4 Å². The third-order valence-electron chi connectivity index (χ3n) is 4.14. The van der Waals surface area contributed by atoms with Crippen LogP contribution < -0.4 is 21.3 Å². The summed E-state index contributed by atoms with van der Waals surface area (Å²) in [5.74, 6) is -1.53. The van der Waals surface area contributed by atoms with E-state index in [1.807, 2.05) is 9.47 Å². The number of rotatable bonds is 8. The molecule has 2 atom stereocenters. The maximum absolute atomic E-state index is 12.5. The summed E-state index contributed by atoms with van der Waals surface area (Å²) in [4.78, 5) is 36.7. The van der Waals surface area contributed by atoms with Crippen LogP contribution in [0.3, 0.4) is 0 Å². The molecule has 0 aliphatic carbocycles. The molecule has 32 heavy (non-hydrogen) atoms. The molecule has 4 N–H and O–H groups in total. The first-order chi connectivity index (χ1) is 15.2. The average Bonchev–Trinajstić information content (AvgIpc) is 2.76. The van der Waals surface area contributed by atoms with Crippen molar-refractivity contribution in [3.8, 4) is 0 Å². The molecule has 0 radical (unpaired) electrons. The zero-order valence-corrected chi connectivity index (χ0v) is 20.4. The lowest BCUT2D eigenvalue weighted by atomic mass is 10.0. The van der Waals surface area contributed by atoms with Gasteiger partial charge in [-0.3, -0.25) is 14.4 Å². The predicted molar refractivity (Wildman–Crippen MR) is 132 cm³/mol. The average molecular weight is 515 g/mol. The lowest BCUT2D eigenvalue weighted by Gasteiger charge is -2.19. The molecule has 0 fully saturated rings. The number of nitrogens with one attached hydrogen (secondary N) is 4. The number of halogens is 2. The van der Waals surface area contributed by atoms with Gasteiger partial charge >= 0.3 is 5.97 Å². The van der Waals surface area contributed by atoms with Gasteiger partial charge in [0.25, 0.3) is 5.91 Å². The fraction of sp³-hybridized carbons (Fsp3) is 0.200. The predicted octanol–water partition coefficient (Wildman–Crippen LogP) is 3.22. The Morgan fingerprint density at radius 3 is 2.44 bits per heavy atom. The van der Waals surface area contributed by atoms with Gasteiger partial charge in [0, 0.05) is 28.3 Å². The minimum absolute atomic E-state index is 0.154. The fourth-order valence-electron chi connectivity index (χ4n) is 2.68. The van der Waals surface area contributed by atoms with Gasteiger partial charge in [0.1, 0.15) is 0 Å². The molecular formula is C20H21Cl2N4O4PS. The Bertz CT molecular complexity index is 1000. The number of benzene rings is 2. The zero-order valence-electron chi connectivity index (χ0n) is 16.9. The molecular weight excluding hydrogens is 494 g/mol. The molecule has 0 saturated heterocycles.